The van der Waals surface area contributed by atoms with Gasteiger partial charge in [0.1, 0.15) is 6.10 Å². The molecule has 2 atom stereocenters. The maximum absolute atomic E-state index is 12.6. The molecule has 0 saturated carbocycles. The molecular weight excluding hydrogens is 330 g/mol. The van der Waals surface area contributed by atoms with Crippen LogP contribution in [0.25, 0.3) is 0 Å². The van der Waals surface area contributed by atoms with Crippen LogP contribution in [0, 0.1) is 13.8 Å². The molecule has 2 aromatic rings. The van der Waals surface area contributed by atoms with E-state index in [1.165, 1.54) is 0 Å². The summed E-state index contributed by atoms with van der Waals surface area (Å²) in [4.78, 5) is 24.7. The molecule has 1 aliphatic rings. The molecule has 0 aliphatic carbocycles. The van der Waals surface area contributed by atoms with Gasteiger partial charge in [0.2, 0.25) is 5.91 Å². The number of aryl methyl sites for hydroxylation is 2. The molecule has 5 nitrogen and oxygen atoms in total. The van der Waals surface area contributed by atoms with Crippen molar-refractivity contribution in [3.05, 3.63) is 59.4 Å². The molecule has 1 aromatic carbocycles. The van der Waals surface area contributed by atoms with Crippen LogP contribution in [-0.4, -0.2) is 35.1 Å². The number of hydrogen-bond acceptors (Lipinski definition) is 4. The summed E-state index contributed by atoms with van der Waals surface area (Å²) in [6.07, 6.45) is 0.314. The van der Waals surface area contributed by atoms with Crippen LogP contribution in [0.2, 0.25) is 0 Å². The van der Waals surface area contributed by atoms with Crippen LogP contribution in [0.1, 0.15) is 41.0 Å². The van der Waals surface area contributed by atoms with E-state index >= 15 is 0 Å². The summed E-state index contributed by atoms with van der Waals surface area (Å²) in [5.74, 6) is -0.102. The van der Waals surface area contributed by atoms with Gasteiger partial charge in [-0.3, -0.25) is 14.2 Å². The largest absolute Gasteiger partial charge is 0.374 e. The first-order chi connectivity index (χ1) is 12.5. The Labute approximate surface area is 153 Å². The molecule has 5 heteroatoms. The first-order valence-corrected chi connectivity index (χ1v) is 9.02. The zero-order chi connectivity index (χ0) is 18.5. The third-order valence-corrected chi connectivity index (χ3v) is 4.72. The molecule has 1 aliphatic heterocycles. The van der Waals surface area contributed by atoms with E-state index < -0.39 is 6.10 Å². The lowest BCUT2D eigenvalue weighted by atomic mass is 10.0. The van der Waals surface area contributed by atoms with Crippen LogP contribution in [0.5, 0.6) is 0 Å². The molecule has 1 fully saturated rings. The van der Waals surface area contributed by atoms with E-state index in [1.807, 2.05) is 56.3 Å². The number of benzene rings is 1. The third kappa shape index (κ3) is 4.48. The lowest BCUT2D eigenvalue weighted by Gasteiger charge is -2.28. The van der Waals surface area contributed by atoms with Gasteiger partial charge < -0.3 is 9.47 Å². The Morgan fingerprint density at radius 2 is 1.85 bits per heavy atom. The second-order valence-electron chi connectivity index (χ2n) is 6.80. The molecule has 26 heavy (non-hydrogen) atoms. The Morgan fingerprint density at radius 3 is 2.54 bits per heavy atom. The van der Waals surface area contributed by atoms with E-state index in [2.05, 4.69) is 0 Å². The monoisotopic (exact) mass is 355 g/mol. The summed E-state index contributed by atoms with van der Waals surface area (Å²) in [7, 11) is 0. The van der Waals surface area contributed by atoms with Crippen molar-refractivity contribution >= 4 is 11.7 Å². The van der Waals surface area contributed by atoms with Crippen molar-refractivity contribution in [1.29, 1.82) is 0 Å². The van der Waals surface area contributed by atoms with Gasteiger partial charge in [-0.2, -0.15) is 0 Å². The van der Waals surface area contributed by atoms with E-state index in [1.54, 1.807) is 4.57 Å². The molecule has 0 bridgehead atoms. The first-order valence-electron chi connectivity index (χ1n) is 9.02. The summed E-state index contributed by atoms with van der Waals surface area (Å²) in [5, 5.41) is 0. The van der Waals surface area contributed by atoms with Crippen LogP contribution in [0.4, 0.5) is 0 Å². The molecule has 2 heterocycles. The highest BCUT2D eigenvalue weighted by atomic mass is 16.5. The lowest BCUT2D eigenvalue weighted by molar-refractivity contribution is -0.147. The Bertz CT molecular complexity index is 746. The number of ketones is 1. The highest BCUT2D eigenvalue weighted by Gasteiger charge is 2.31. The number of hydrogen-bond donors (Lipinski definition) is 0. The molecule has 1 aromatic heterocycles. The molecule has 0 amide bonds. The summed E-state index contributed by atoms with van der Waals surface area (Å²) >= 11 is 0. The molecule has 1 saturated heterocycles. The fourth-order valence-electron chi connectivity index (χ4n) is 3.32. The van der Waals surface area contributed by atoms with Crippen LogP contribution in [0.3, 0.4) is 0 Å². The normalized spacial score (nSPS) is 20.3. The maximum atomic E-state index is 12.6. The van der Waals surface area contributed by atoms with Gasteiger partial charge in [0.15, 0.2) is 5.78 Å². The third-order valence-electron chi connectivity index (χ3n) is 4.72. The first kappa shape index (κ1) is 18.5. The average molecular weight is 355 g/mol. The standard InChI is InChI=1S/C21H25NO4/c1-15-8-9-16(2)22(15)21(24)12-20-19(23)11-10-18(26-20)14-25-13-17-6-4-3-5-7-17/h3-9,18,20H,10-14H2,1-2H3/t18-,20-/m0/s1. The van der Waals surface area contributed by atoms with Crippen molar-refractivity contribution in [2.24, 2.45) is 0 Å². The highest BCUT2D eigenvalue weighted by molar-refractivity contribution is 5.90. The molecule has 0 spiro atoms. The molecule has 138 valence electrons. The second-order valence-corrected chi connectivity index (χ2v) is 6.80. The second kappa shape index (κ2) is 8.43. The average Bonchev–Trinajstić information content (AvgIpc) is 2.97. The van der Waals surface area contributed by atoms with Crippen LogP contribution < -0.4 is 0 Å². The molecule has 3 rings (SSSR count). The number of aromatic nitrogens is 1. The van der Waals surface area contributed by atoms with Gasteiger partial charge in [-0.1, -0.05) is 30.3 Å². The highest BCUT2D eigenvalue weighted by Crippen LogP contribution is 2.21. The summed E-state index contributed by atoms with van der Waals surface area (Å²) in [6, 6.07) is 13.7. The van der Waals surface area contributed by atoms with Crippen LogP contribution in [-0.2, 0) is 20.9 Å². The minimum Gasteiger partial charge on any atom is -0.374 e. The molecular formula is C21H25NO4. The fourth-order valence-corrected chi connectivity index (χ4v) is 3.32. The van der Waals surface area contributed by atoms with Gasteiger partial charge in [-0.25, -0.2) is 0 Å². The van der Waals surface area contributed by atoms with Crippen molar-refractivity contribution < 1.29 is 19.1 Å². The van der Waals surface area contributed by atoms with Crippen molar-refractivity contribution in [3.63, 3.8) is 0 Å². The summed E-state index contributed by atoms with van der Waals surface area (Å²) in [6.45, 7) is 4.71. The minimum atomic E-state index is -0.678. The van der Waals surface area contributed by atoms with E-state index in [-0.39, 0.29) is 24.2 Å². The van der Waals surface area contributed by atoms with Gasteiger partial charge >= 0.3 is 0 Å². The van der Waals surface area contributed by atoms with Gasteiger partial charge in [0.25, 0.3) is 0 Å². The van der Waals surface area contributed by atoms with Gasteiger partial charge in [0, 0.05) is 17.8 Å². The zero-order valence-electron chi connectivity index (χ0n) is 15.3. The summed E-state index contributed by atoms with van der Waals surface area (Å²) < 4.78 is 13.3. The number of carbonyl (C=O) groups excluding carboxylic acids is 2. The van der Waals surface area contributed by atoms with E-state index in [4.69, 9.17) is 9.47 Å². The number of carbonyl (C=O) groups is 2. The van der Waals surface area contributed by atoms with Crippen molar-refractivity contribution in [2.75, 3.05) is 6.61 Å². The van der Waals surface area contributed by atoms with Crippen molar-refractivity contribution in [2.45, 2.75) is 51.9 Å². The fraction of sp³-hybridized carbons (Fsp3) is 0.429. The van der Waals surface area contributed by atoms with E-state index in [0.29, 0.717) is 26.1 Å². The number of nitrogens with zero attached hydrogens (tertiary/aromatic N) is 1. The molecule has 0 N–H and O–H groups in total. The SMILES string of the molecule is Cc1ccc(C)n1C(=O)C[C@@H]1O[C@H](COCc2ccccc2)CCC1=O. The van der Waals surface area contributed by atoms with Crippen molar-refractivity contribution in [3.8, 4) is 0 Å². The summed E-state index contributed by atoms with van der Waals surface area (Å²) in [5.41, 5.74) is 2.85. The van der Waals surface area contributed by atoms with Crippen molar-refractivity contribution in [1.82, 2.24) is 4.57 Å². The predicted molar refractivity (Wildman–Crippen MR) is 98.1 cm³/mol. The Morgan fingerprint density at radius 1 is 1.15 bits per heavy atom. The smallest absolute Gasteiger partial charge is 0.234 e. The van der Waals surface area contributed by atoms with E-state index in [0.717, 1.165) is 17.0 Å². The Kier molecular flexibility index (Phi) is 6.01. The van der Waals surface area contributed by atoms with Crippen LogP contribution in [0.15, 0.2) is 42.5 Å². The van der Waals surface area contributed by atoms with Gasteiger partial charge in [0.05, 0.1) is 25.7 Å². The lowest BCUT2D eigenvalue weighted by Crippen LogP contribution is -2.39. The topological polar surface area (TPSA) is 57.5 Å². The Balaban J connectivity index is 1.53. The zero-order valence-corrected chi connectivity index (χ0v) is 15.3. The molecule has 0 unspecified atom stereocenters. The maximum Gasteiger partial charge on any atom is 0.234 e. The van der Waals surface area contributed by atoms with Gasteiger partial charge in [-0.15, -0.1) is 0 Å². The predicted octanol–water partition coefficient (Wildman–Crippen LogP) is 3.47. The van der Waals surface area contributed by atoms with E-state index in [9.17, 15) is 9.59 Å². The molecule has 0 radical (unpaired) electrons. The number of Topliss-reactive ketones (excluding diaryl/α,β-unsaturated/α-hetero) is 1. The van der Waals surface area contributed by atoms with Gasteiger partial charge in [-0.05, 0) is 38.0 Å². The minimum absolute atomic E-state index is 0.000113. The number of ether oxygens (including phenoxy) is 2. The Hall–Kier alpha value is -2.24. The van der Waals surface area contributed by atoms with Crippen LogP contribution >= 0.6 is 0 Å². The quantitative estimate of drug-likeness (QED) is 0.796. The number of rotatable bonds is 6.